The van der Waals surface area contributed by atoms with Gasteiger partial charge in [0.05, 0.1) is 36.9 Å². The van der Waals surface area contributed by atoms with Crippen molar-refractivity contribution in [2.24, 2.45) is 0 Å². The number of rotatable bonds is 7. The topological polar surface area (TPSA) is 86.2 Å². The normalized spacial score (nSPS) is 10.7. The molecule has 2 heterocycles. The first-order valence-corrected chi connectivity index (χ1v) is 9.56. The lowest BCUT2D eigenvalue weighted by molar-refractivity contribution is 0.0599. The third kappa shape index (κ3) is 3.82. The quantitative estimate of drug-likeness (QED) is 0.371. The van der Waals surface area contributed by atoms with Crippen molar-refractivity contribution in [1.82, 2.24) is 14.5 Å². The number of aryl methyl sites for hydroxylation is 1. The number of aromatic amines is 1. The number of benzene rings is 1. The van der Waals surface area contributed by atoms with Gasteiger partial charge in [-0.1, -0.05) is 17.8 Å². The maximum atomic E-state index is 12.7. The molecule has 0 atom stereocenters. The molecule has 146 valence electrons. The molecule has 0 amide bonds. The van der Waals surface area contributed by atoms with Crippen molar-refractivity contribution in [2.75, 3.05) is 20.0 Å². The maximum absolute atomic E-state index is 12.7. The number of aromatic nitrogens is 3. The smallest absolute Gasteiger partial charge is 0.339 e. The average Bonchev–Trinajstić information content (AvgIpc) is 3.29. The summed E-state index contributed by atoms with van der Waals surface area (Å²) in [5.41, 5.74) is 2.95. The van der Waals surface area contributed by atoms with E-state index < -0.39 is 5.97 Å². The summed E-state index contributed by atoms with van der Waals surface area (Å²) in [7, 11) is 2.94. The Kier molecular flexibility index (Phi) is 5.89. The van der Waals surface area contributed by atoms with Crippen molar-refractivity contribution >= 4 is 23.5 Å². The highest BCUT2D eigenvalue weighted by Gasteiger charge is 2.22. The molecule has 0 spiro atoms. The van der Waals surface area contributed by atoms with E-state index in [9.17, 15) is 9.59 Å². The van der Waals surface area contributed by atoms with Crippen LogP contribution in [0.25, 0.3) is 5.69 Å². The Labute approximate surface area is 167 Å². The largest absolute Gasteiger partial charge is 0.497 e. The number of hydrogen-bond donors (Lipinski definition) is 1. The molecule has 0 saturated carbocycles. The van der Waals surface area contributed by atoms with Crippen LogP contribution in [0.4, 0.5) is 0 Å². The number of Topliss-reactive ketones (excluding diaryl/α,β-unsaturated/α-hetero) is 1. The minimum atomic E-state index is -0.452. The van der Waals surface area contributed by atoms with Crippen LogP contribution in [0.5, 0.6) is 5.75 Å². The molecule has 1 aromatic carbocycles. The van der Waals surface area contributed by atoms with E-state index in [2.05, 4.69) is 9.97 Å². The highest BCUT2D eigenvalue weighted by atomic mass is 32.2. The Hall–Kier alpha value is -3.00. The van der Waals surface area contributed by atoms with Crippen LogP contribution >= 0.6 is 11.8 Å². The molecule has 0 radical (unpaired) electrons. The Bertz CT molecular complexity index is 1020. The molecule has 2 aromatic heterocycles. The summed E-state index contributed by atoms with van der Waals surface area (Å²) in [4.78, 5) is 32.0. The van der Waals surface area contributed by atoms with Gasteiger partial charge in [0.2, 0.25) is 0 Å². The lowest BCUT2D eigenvalue weighted by atomic mass is 10.1. The molecule has 3 aromatic rings. The molecule has 0 aliphatic carbocycles. The summed E-state index contributed by atoms with van der Waals surface area (Å²) in [6.07, 6.45) is 3.52. The molecule has 28 heavy (non-hydrogen) atoms. The van der Waals surface area contributed by atoms with Crippen molar-refractivity contribution in [3.05, 3.63) is 59.2 Å². The van der Waals surface area contributed by atoms with E-state index in [-0.39, 0.29) is 11.5 Å². The lowest BCUT2D eigenvalue weighted by Gasteiger charge is -2.09. The second-order valence-electron chi connectivity index (χ2n) is 6.11. The molecule has 8 heteroatoms. The van der Waals surface area contributed by atoms with Crippen LogP contribution in [-0.2, 0) is 4.74 Å². The van der Waals surface area contributed by atoms with E-state index in [4.69, 9.17) is 9.47 Å². The number of nitrogens with zero attached hydrogens (tertiary/aromatic N) is 2. The summed E-state index contributed by atoms with van der Waals surface area (Å²) in [6, 6.07) is 7.60. The minimum Gasteiger partial charge on any atom is -0.497 e. The molecule has 0 unspecified atom stereocenters. The molecule has 0 aliphatic heterocycles. The van der Waals surface area contributed by atoms with E-state index in [1.807, 2.05) is 35.0 Å². The first kappa shape index (κ1) is 19.8. The van der Waals surface area contributed by atoms with Crippen LogP contribution in [0.3, 0.4) is 0 Å². The van der Waals surface area contributed by atoms with Gasteiger partial charge in [-0.15, -0.1) is 0 Å². The van der Waals surface area contributed by atoms with Crippen LogP contribution < -0.4 is 4.74 Å². The number of ketones is 1. The fraction of sp³-hybridized carbons (Fsp3) is 0.250. The van der Waals surface area contributed by atoms with Gasteiger partial charge < -0.3 is 14.5 Å². The predicted octanol–water partition coefficient (Wildman–Crippen LogP) is 3.59. The predicted molar refractivity (Wildman–Crippen MR) is 107 cm³/mol. The van der Waals surface area contributed by atoms with Gasteiger partial charge in [0, 0.05) is 24.2 Å². The third-order valence-corrected chi connectivity index (χ3v) is 5.34. The second-order valence-corrected chi connectivity index (χ2v) is 7.05. The number of hydrogen-bond acceptors (Lipinski definition) is 6. The second kappa shape index (κ2) is 8.35. The molecular formula is C20H21N3O4S. The highest BCUT2D eigenvalue weighted by Crippen LogP contribution is 2.25. The first-order valence-electron chi connectivity index (χ1n) is 8.57. The summed E-state index contributed by atoms with van der Waals surface area (Å²) < 4.78 is 12.0. The number of carbonyl (C=O) groups is 2. The van der Waals surface area contributed by atoms with Gasteiger partial charge in [0.1, 0.15) is 5.75 Å². The standard InChI is InChI=1S/C20H21N3O4S/c1-12-17(19(25)27-4)13(2)22-18(12)16(24)11-28-20-21-8-9-23(20)14-6-5-7-15(10-14)26-3/h5-10,22H,11H2,1-4H3. The number of carbonyl (C=O) groups excluding carboxylic acids is 2. The Balaban J connectivity index is 1.78. The van der Waals surface area contributed by atoms with Crippen LogP contribution in [-0.4, -0.2) is 46.3 Å². The van der Waals surface area contributed by atoms with Crippen LogP contribution in [0, 0.1) is 13.8 Å². The van der Waals surface area contributed by atoms with Crippen LogP contribution in [0.2, 0.25) is 0 Å². The Morgan fingerprint density at radius 2 is 2.04 bits per heavy atom. The molecule has 1 N–H and O–H groups in total. The van der Waals surface area contributed by atoms with Gasteiger partial charge in [-0.3, -0.25) is 9.36 Å². The van der Waals surface area contributed by atoms with Crippen molar-refractivity contribution in [3.63, 3.8) is 0 Å². The number of ether oxygens (including phenoxy) is 2. The number of H-pyrrole nitrogens is 1. The number of nitrogens with one attached hydrogen (secondary N) is 1. The van der Waals surface area contributed by atoms with Crippen molar-refractivity contribution in [1.29, 1.82) is 0 Å². The molecule has 0 bridgehead atoms. The Morgan fingerprint density at radius 3 is 2.75 bits per heavy atom. The van der Waals surface area contributed by atoms with Gasteiger partial charge in [0.25, 0.3) is 0 Å². The van der Waals surface area contributed by atoms with Crippen molar-refractivity contribution < 1.29 is 19.1 Å². The van der Waals surface area contributed by atoms with E-state index in [0.717, 1.165) is 11.4 Å². The summed E-state index contributed by atoms with van der Waals surface area (Å²) in [5.74, 6) is 0.362. The number of thioether (sulfide) groups is 1. The fourth-order valence-corrected chi connectivity index (χ4v) is 3.84. The molecular weight excluding hydrogens is 378 g/mol. The van der Waals surface area contributed by atoms with Crippen LogP contribution in [0.15, 0.2) is 41.8 Å². The summed E-state index contributed by atoms with van der Waals surface area (Å²) in [6.45, 7) is 3.49. The molecule has 7 nitrogen and oxygen atoms in total. The monoisotopic (exact) mass is 399 g/mol. The fourth-order valence-electron chi connectivity index (χ4n) is 2.99. The first-order chi connectivity index (χ1) is 13.5. The number of methoxy groups -OCH3 is 2. The van der Waals surface area contributed by atoms with Gasteiger partial charge in [0.15, 0.2) is 10.9 Å². The van der Waals surface area contributed by atoms with E-state index in [0.29, 0.717) is 27.7 Å². The summed E-state index contributed by atoms with van der Waals surface area (Å²) in [5, 5.41) is 0.690. The van der Waals surface area contributed by atoms with Crippen molar-refractivity contribution in [3.8, 4) is 11.4 Å². The minimum absolute atomic E-state index is 0.110. The average molecular weight is 399 g/mol. The Morgan fingerprint density at radius 1 is 1.25 bits per heavy atom. The maximum Gasteiger partial charge on any atom is 0.339 e. The zero-order valence-corrected chi connectivity index (χ0v) is 16.9. The van der Waals surface area contributed by atoms with Gasteiger partial charge in [-0.05, 0) is 31.5 Å². The van der Waals surface area contributed by atoms with Gasteiger partial charge >= 0.3 is 5.97 Å². The van der Waals surface area contributed by atoms with E-state index >= 15 is 0 Å². The highest BCUT2D eigenvalue weighted by molar-refractivity contribution is 7.99. The van der Waals surface area contributed by atoms with Crippen LogP contribution in [0.1, 0.15) is 32.1 Å². The summed E-state index contributed by atoms with van der Waals surface area (Å²) >= 11 is 1.33. The lowest BCUT2D eigenvalue weighted by Crippen LogP contribution is -2.07. The SMILES string of the molecule is COC(=O)c1c(C)[nH]c(C(=O)CSc2nccn2-c2cccc(OC)c2)c1C. The third-order valence-electron chi connectivity index (χ3n) is 4.38. The van der Waals surface area contributed by atoms with E-state index in [1.165, 1.54) is 18.9 Å². The van der Waals surface area contributed by atoms with E-state index in [1.54, 1.807) is 27.2 Å². The number of imidazole rings is 1. The molecule has 0 aliphatic rings. The number of esters is 1. The van der Waals surface area contributed by atoms with Crippen molar-refractivity contribution in [2.45, 2.75) is 19.0 Å². The molecule has 0 fully saturated rings. The molecule has 3 rings (SSSR count). The van der Waals surface area contributed by atoms with Gasteiger partial charge in [-0.25, -0.2) is 9.78 Å². The molecule has 0 saturated heterocycles. The van der Waals surface area contributed by atoms with Gasteiger partial charge in [-0.2, -0.15) is 0 Å². The zero-order chi connectivity index (χ0) is 20.3. The zero-order valence-electron chi connectivity index (χ0n) is 16.1.